The largest absolute Gasteiger partial charge is 0.381 e. The molecule has 0 bridgehead atoms. The van der Waals surface area contributed by atoms with E-state index in [0.29, 0.717) is 37.8 Å². The molecule has 0 unspecified atom stereocenters. The number of rotatable bonds is 5. The summed E-state index contributed by atoms with van der Waals surface area (Å²) in [5.41, 5.74) is 0.381. The smallest absolute Gasteiger partial charge is 0.191 e. The van der Waals surface area contributed by atoms with Crippen molar-refractivity contribution in [2.75, 3.05) is 33.9 Å². The Balaban J connectivity index is 0.00000264. The highest BCUT2D eigenvalue weighted by molar-refractivity contribution is 14.0. The van der Waals surface area contributed by atoms with Crippen LogP contribution in [0.5, 0.6) is 0 Å². The van der Waals surface area contributed by atoms with E-state index in [1.165, 1.54) is 6.07 Å². The Labute approximate surface area is 154 Å². The molecule has 1 saturated heterocycles. The number of benzene rings is 1. The molecule has 0 aromatic heterocycles. The van der Waals surface area contributed by atoms with Gasteiger partial charge in [-0.1, -0.05) is 18.2 Å². The van der Waals surface area contributed by atoms with Gasteiger partial charge in [-0.25, -0.2) is 4.39 Å². The third-order valence-electron chi connectivity index (χ3n) is 4.04. The minimum absolute atomic E-state index is 0. The van der Waals surface area contributed by atoms with Gasteiger partial charge in [0, 0.05) is 58.9 Å². The molecule has 1 aliphatic heterocycles. The second kappa shape index (κ2) is 10.0. The molecule has 0 aliphatic carbocycles. The van der Waals surface area contributed by atoms with E-state index in [4.69, 9.17) is 9.47 Å². The van der Waals surface area contributed by atoms with Crippen LogP contribution in [0.4, 0.5) is 4.39 Å². The normalized spacial score (nSPS) is 17.3. The van der Waals surface area contributed by atoms with E-state index in [0.717, 1.165) is 12.8 Å². The molecule has 23 heavy (non-hydrogen) atoms. The van der Waals surface area contributed by atoms with Crippen LogP contribution in [-0.4, -0.2) is 45.5 Å². The Morgan fingerprint density at radius 3 is 2.61 bits per heavy atom. The van der Waals surface area contributed by atoms with Gasteiger partial charge in [-0.3, -0.25) is 4.99 Å². The number of nitrogens with one attached hydrogen (secondary N) is 2. The summed E-state index contributed by atoms with van der Waals surface area (Å²) in [6.45, 7) is 2.44. The first-order chi connectivity index (χ1) is 10.7. The van der Waals surface area contributed by atoms with Crippen molar-refractivity contribution in [3.05, 3.63) is 35.6 Å². The minimum Gasteiger partial charge on any atom is -0.381 e. The molecule has 1 fully saturated rings. The van der Waals surface area contributed by atoms with E-state index >= 15 is 0 Å². The zero-order valence-corrected chi connectivity index (χ0v) is 15.9. The molecule has 7 heteroatoms. The van der Waals surface area contributed by atoms with Crippen LogP contribution in [0.1, 0.15) is 18.4 Å². The van der Waals surface area contributed by atoms with Crippen LogP contribution in [-0.2, 0) is 16.0 Å². The first-order valence-corrected chi connectivity index (χ1v) is 7.50. The predicted octanol–water partition coefficient (Wildman–Crippen LogP) is 2.30. The van der Waals surface area contributed by atoms with Crippen LogP contribution in [0.25, 0.3) is 0 Å². The number of hydrogen-bond donors (Lipinski definition) is 2. The summed E-state index contributed by atoms with van der Waals surface area (Å²) in [4.78, 5) is 4.17. The standard InChI is InChI=1S/C16H24FN3O2.HI/c1-18-15(19-11-13-5-3-4-6-14(13)17)20-12-16(21-2)7-9-22-10-8-16;/h3-6H,7-12H2,1-2H3,(H2,18,19,20);1H. The molecule has 0 radical (unpaired) electrons. The lowest BCUT2D eigenvalue weighted by Crippen LogP contribution is -2.50. The van der Waals surface area contributed by atoms with Gasteiger partial charge < -0.3 is 20.1 Å². The van der Waals surface area contributed by atoms with Crippen LogP contribution in [0.15, 0.2) is 29.3 Å². The lowest BCUT2D eigenvalue weighted by molar-refractivity contribution is -0.0855. The van der Waals surface area contributed by atoms with Crippen LogP contribution in [0, 0.1) is 5.82 Å². The fraction of sp³-hybridized carbons (Fsp3) is 0.562. The fourth-order valence-corrected chi connectivity index (χ4v) is 2.48. The van der Waals surface area contributed by atoms with Gasteiger partial charge in [-0.05, 0) is 6.07 Å². The second-order valence-electron chi connectivity index (χ2n) is 5.37. The minimum atomic E-state index is -0.228. The van der Waals surface area contributed by atoms with Crippen LogP contribution in [0.2, 0.25) is 0 Å². The van der Waals surface area contributed by atoms with Gasteiger partial charge >= 0.3 is 0 Å². The molecule has 5 nitrogen and oxygen atoms in total. The van der Waals surface area contributed by atoms with E-state index < -0.39 is 0 Å². The van der Waals surface area contributed by atoms with Crippen molar-refractivity contribution in [3.63, 3.8) is 0 Å². The predicted molar refractivity (Wildman–Crippen MR) is 99.8 cm³/mol. The Kier molecular flexibility index (Phi) is 8.78. The second-order valence-corrected chi connectivity index (χ2v) is 5.37. The topological polar surface area (TPSA) is 54.9 Å². The van der Waals surface area contributed by atoms with Gasteiger partial charge in [0.25, 0.3) is 0 Å². The van der Waals surface area contributed by atoms with Gasteiger partial charge in [-0.15, -0.1) is 24.0 Å². The van der Waals surface area contributed by atoms with Crippen LogP contribution in [0.3, 0.4) is 0 Å². The highest BCUT2D eigenvalue weighted by Crippen LogP contribution is 2.23. The maximum absolute atomic E-state index is 13.6. The molecule has 130 valence electrons. The number of guanidine groups is 1. The number of aliphatic imine (C=N–C) groups is 1. The maximum atomic E-state index is 13.6. The lowest BCUT2D eigenvalue weighted by Gasteiger charge is -2.36. The van der Waals surface area contributed by atoms with Crippen molar-refractivity contribution < 1.29 is 13.9 Å². The average Bonchev–Trinajstić information content (AvgIpc) is 2.57. The van der Waals surface area contributed by atoms with Crippen LogP contribution >= 0.6 is 24.0 Å². The van der Waals surface area contributed by atoms with E-state index in [1.807, 2.05) is 6.07 Å². The van der Waals surface area contributed by atoms with E-state index in [9.17, 15) is 4.39 Å². The van der Waals surface area contributed by atoms with E-state index in [2.05, 4.69) is 15.6 Å². The fourth-order valence-electron chi connectivity index (χ4n) is 2.48. The molecule has 1 aromatic rings. The highest BCUT2D eigenvalue weighted by atomic mass is 127. The molecule has 1 heterocycles. The Morgan fingerprint density at radius 1 is 1.30 bits per heavy atom. The van der Waals surface area contributed by atoms with Crippen LogP contribution < -0.4 is 10.6 Å². The van der Waals surface area contributed by atoms with Crippen molar-refractivity contribution in [3.8, 4) is 0 Å². The monoisotopic (exact) mass is 437 g/mol. The van der Waals surface area contributed by atoms with Gasteiger partial charge in [-0.2, -0.15) is 0 Å². The quantitative estimate of drug-likeness (QED) is 0.422. The molecule has 1 aromatic carbocycles. The van der Waals surface area contributed by atoms with Gasteiger partial charge in [0.1, 0.15) is 5.82 Å². The van der Waals surface area contributed by atoms with Gasteiger partial charge in [0.05, 0.1) is 5.60 Å². The summed E-state index contributed by atoms with van der Waals surface area (Å²) >= 11 is 0. The molecule has 0 atom stereocenters. The molecule has 2 rings (SSSR count). The van der Waals surface area contributed by atoms with Crippen molar-refractivity contribution in [2.24, 2.45) is 4.99 Å². The average molecular weight is 437 g/mol. The Morgan fingerprint density at radius 2 is 2.00 bits per heavy atom. The summed E-state index contributed by atoms with van der Waals surface area (Å²) in [5, 5.41) is 6.38. The maximum Gasteiger partial charge on any atom is 0.191 e. The van der Waals surface area contributed by atoms with E-state index in [-0.39, 0.29) is 35.4 Å². The summed E-state index contributed by atoms with van der Waals surface area (Å²) < 4.78 is 24.7. The van der Waals surface area contributed by atoms with Gasteiger partial charge in [0.15, 0.2) is 5.96 Å². The Hall–Kier alpha value is -0.930. The molecule has 0 spiro atoms. The summed E-state index contributed by atoms with van der Waals surface area (Å²) in [6.07, 6.45) is 1.70. The first-order valence-electron chi connectivity index (χ1n) is 7.50. The zero-order chi connectivity index (χ0) is 15.8. The summed E-state index contributed by atoms with van der Waals surface area (Å²) in [7, 11) is 3.42. The number of halogens is 2. The SMILES string of the molecule is CN=C(NCc1ccccc1F)NCC1(OC)CCOCC1.I. The third-order valence-corrected chi connectivity index (χ3v) is 4.04. The molecule has 1 aliphatic rings. The molecule has 0 saturated carbocycles. The number of methoxy groups -OCH3 is 1. The molecular weight excluding hydrogens is 412 g/mol. The number of hydrogen-bond acceptors (Lipinski definition) is 3. The summed E-state index contributed by atoms with van der Waals surface area (Å²) in [5.74, 6) is 0.411. The molecular formula is C16H25FIN3O2. The number of ether oxygens (including phenoxy) is 2. The molecule has 0 amide bonds. The Bertz CT molecular complexity index is 508. The van der Waals surface area contributed by atoms with Crippen molar-refractivity contribution in [1.29, 1.82) is 0 Å². The lowest BCUT2D eigenvalue weighted by atomic mass is 9.94. The van der Waals surface area contributed by atoms with Crippen molar-refractivity contribution in [1.82, 2.24) is 10.6 Å². The zero-order valence-electron chi connectivity index (χ0n) is 13.6. The van der Waals surface area contributed by atoms with Crippen molar-refractivity contribution >= 4 is 29.9 Å². The number of nitrogens with zero attached hydrogens (tertiary/aromatic N) is 1. The van der Waals surface area contributed by atoms with Gasteiger partial charge in [0.2, 0.25) is 0 Å². The molecule has 2 N–H and O–H groups in total. The third kappa shape index (κ3) is 5.89. The van der Waals surface area contributed by atoms with E-state index in [1.54, 1.807) is 26.3 Å². The first kappa shape index (κ1) is 20.1. The summed E-state index contributed by atoms with van der Waals surface area (Å²) in [6, 6.07) is 6.71. The highest BCUT2D eigenvalue weighted by Gasteiger charge is 2.32. The van der Waals surface area contributed by atoms with Crippen molar-refractivity contribution in [2.45, 2.75) is 25.0 Å².